The second-order valence-corrected chi connectivity index (χ2v) is 1.73. The molecule has 1 aliphatic heterocycles. The summed E-state index contributed by atoms with van der Waals surface area (Å²) in [5.74, 6) is 0. The van der Waals surface area contributed by atoms with Crippen LogP contribution in [0.5, 0.6) is 0 Å². The lowest BCUT2D eigenvalue weighted by molar-refractivity contribution is -0.0228. The predicted molar refractivity (Wildman–Crippen MR) is 25.4 cm³/mol. The van der Waals surface area contributed by atoms with Gasteiger partial charge in [-0.1, -0.05) is 7.11 Å². The highest BCUT2D eigenvalue weighted by Gasteiger charge is 2.04. The number of hydrogen-bond acceptors (Lipinski definition) is 0. The summed E-state index contributed by atoms with van der Waals surface area (Å²) < 4.78 is 2.77. The Morgan fingerprint density at radius 3 is 1.83 bits per heavy atom. The molecule has 0 N–H and O–H groups in total. The molecule has 36 valence electrons. The lowest BCUT2D eigenvalue weighted by Gasteiger charge is -2.11. The average Bonchev–Trinajstić information content (AvgIpc) is 1.86. The van der Waals surface area contributed by atoms with Gasteiger partial charge in [0.15, 0.2) is 0 Å². The Morgan fingerprint density at radius 2 is 1.67 bits per heavy atom. The molecule has 6 heavy (non-hydrogen) atoms. The quantitative estimate of drug-likeness (QED) is 0.307. The minimum absolute atomic E-state index is 1.12. The van der Waals surface area contributed by atoms with E-state index in [1.807, 2.05) is 0 Å². The first-order valence-corrected chi connectivity index (χ1v) is 2.37. The van der Waals surface area contributed by atoms with E-state index in [4.69, 9.17) is 0 Å². The van der Waals surface area contributed by atoms with Crippen LogP contribution in [0.4, 0.5) is 0 Å². The maximum atomic E-state index is 3.69. The Hall–Kier alpha value is -0.0400. The molecule has 0 aromatic heterocycles. The zero-order chi connectivity index (χ0) is 4.41. The van der Waals surface area contributed by atoms with Crippen LogP contribution < -0.4 is 0 Å². The Morgan fingerprint density at radius 1 is 1.17 bits per heavy atom. The molecule has 1 aliphatic rings. The van der Waals surface area contributed by atoms with E-state index in [0.717, 1.165) is 13.2 Å². The first kappa shape index (κ1) is 4.13. The van der Waals surface area contributed by atoms with Gasteiger partial charge in [0.25, 0.3) is 0 Å². The molecule has 1 rings (SSSR count). The Bertz CT molecular complexity index is 37.2. The monoisotopic (exact) mass is 86.1 g/mol. The van der Waals surface area contributed by atoms with E-state index in [-0.39, 0.29) is 0 Å². The third-order valence-electron chi connectivity index (χ3n) is 1.12. The van der Waals surface area contributed by atoms with Gasteiger partial charge in [-0.15, -0.1) is 0 Å². The predicted octanol–water partition coefficient (Wildman–Crippen LogP) is 1.12. The van der Waals surface area contributed by atoms with Crippen molar-refractivity contribution >= 4 is 0 Å². The van der Waals surface area contributed by atoms with Crippen molar-refractivity contribution in [3.8, 4) is 0 Å². The van der Waals surface area contributed by atoms with Crippen molar-refractivity contribution in [2.24, 2.45) is 0 Å². The fourth-order valence-electron chi connectivity index (χ4n) is 0.714. The fourth-order valence-corrected chi connectivity index (χ4v) is 0.714. The molecule has 0 saturated carbocycles. The van der Waals surface area contributed by atoms with Crippen molar-refractivity contribution < 1.29 is 4.37 Å². The topological polar surface area (TPSA) is 2.70 Å². The molecule has 1 heterocycles. The van der Waals surface area contributed by atoms with Crippen LogP contribution in [0.1, 0.15) is 12.8 Å². The van der Waals surface area contributed by atoms with Gasteiger partial charge in [-0.25, -0.2) is 0 Å². The highest BCUT2D eigenvalue weighted by Crippen LogP contribution is 2.08. The molecule has 0 aromatic carbocycles. The van der Waals surface area contributed by atoms with Crippen molar-refractivity contribution in [2.75, 3.05) is 13.2 Å². The van der Waals surface area contributed by atoms with E-state index in [1.54, 1.807) is 0 Å². The van der Waals surface area contributed by atoms with Crippen LogP contribution in [0.2, 0.25) is 0 Å². The Labute approximate surface area is 38.6 Å². The first-order chi connectivity index (χ1) is 2.89. The summed E-state index contributed by atoms with van der Waals surface area (Å²) >= 11 is 0. The molecule has 1 fully saturated rings. The summed E-state index contributed by atoms with van der Waals surface area (Å²) in [6.45, 7) is 2.25. The smallest absolute Gasteiger partial charge is 0.120 e. The first-order valence-electron chi connectivity index (χ1n) is 2.37. The molecule has 0 bridgehead atoms. The molecule has 1 saturated heterocycles. The van der Waals surface area contributed by atoms with Crippen LogP contribution in [0, 0.1) is 7.11 Å². The molecule has 1 nitrogen and oxygen atoms in total. The molecule has 0 amide bonds. The van der Waals surface area contributed by atoms with Crippen LogP contribution in [-0.4, -0.2) is 13.2 Å². The van der Waals surface area contributed by atoms with Gasteiger partial charge in [0.2, 0.25) is 0 Å². The van der Waals surface area contributed by atoms with Gasteiger partial charge in [0, 0.05) is 12.8 Å². The van der Waals surface area contributed by atoms with E-state index in [9.17, 15) is 0 Å². The SMILES string of the molecule is [CH2-][O+]1CCCC1. The minimum Gasteiger partial charge on any atom is -0.570 e. The molecular weight excluding hydrogens is 76.1 g/mol. The lowest BCUT2D eigenvalue weighted by atomic mass is 10.4. The summed E-state index contributed by atoms with van der Waals surface area (Å²) in [6, 6.07) is 0. The van der Waals surface area contributed by atoms with Crippen molar-refractivity contribution in [1.82, 2.24) is 0 Å². The highest BCUT2D eigenvalue weighted by molar-refractivity contribution is 4.51. The summed E-state index contributed by atoms with van der Waals surface area (Å²) in [5, 5.41) is 0. The molecular formula is C5H10O. The van der Waals surface area contributed by atoms with Gasteiger partial charge in [0.05, 0.1) is 0 Å². The van der Waals surface area contributed by atoms with Crippen LogP contribution in [0.25, 0.3) is 0 Å². The van der Waals surface area contributed by atoms with Gasteiger partial charge in [-0.05, 0) is 0 Å². The maximum Gasteiger partial charge on any atom is 0.120 e. The number of hydrogen-bond donors (Lipinski definition) is 0. The van der Waals surface area contributed by atoms with Gasteiger partial charge >= 0.3 is 0 Å². The Kier molecular flexibility index (Phi) is 1.10. The van der Waals surface area contributed by atoms with Crippen molar-refractivity contribution in [1.29, 1.82) is 0 Å². The van der Waals surface area contributed by atoms with Crippen molar-refractivity contribution in [3.63, 3.8) is 0 Å². The van der Waals surface area contributed by atoms with E-state index >= 15 is 0 Å². The standard InChI is InChI=1S/C5H10O/c1-6-4-2-3-5-6/h1-5H2. The van der Waals surface area contributed by atoms with Crippen LogP contribution in [0.15, 0.2) is 0 Å². The van der Waals surface area contributed by atoms with E-state index in [0.29, 0.717) is 0 Å². The average molecular weight is 86.1 g/mol. The van der Waals surface area contributed by atoms with Crippen LogP contribution >= 0.6 is 0 Å². The van der Waals surface area contributed by atoms with E-state index in [2.05, 4.69) is 11.5 Å². The zero-order valence-corrected chi connectivity index (χ0v) is 3.94. The molecule has 0 unspecified atom stereocenters. The van der Waals surface area contributed by atoms with Gasteiger partial charge < -0.3 is 4.37 Å². The normalized spacial score (nSPS) is 25.5. The molecule has 0 aromatic rings. The van der Waals surface area contributed by atoms with Crippen molar-refractivity contribution in [3.05, 3.63) is 7.11 Å². The van der Waals surface area contributed by atoms with Gasteiger partial charge in [0.1, 0.15) is 13.2 Å². The second kappa shape index (κ2) is 1.61. The summed E-state index contributed by atoms with van der Waals surface area (Å²) in [5.41, 5.74) is 0. The number of rotatable bonds is 0. The highest BCUT2D eigenvalue weighted by atomic mass is 16.7. The minimum atomic E-state index is 1.12. The third kappa shape index (κ3) is 0.716. The van der Waals surface area contributed by atoms with Crippen LogP contribution in [-0.2, 0) is 4.37 Å². The molecule has 0 radical (unpaired) electrons. The third-order valence-corrected chi connectivity index (χ3v) is 1.12. The second-order valence-electron chi connectivity index (χ2n) is 1.73. The molecule has 0 aliphatic carbocycles. The summed E-state index contributed by atoms with van der Waals surface area (Å²) in [6.07, 6.45) is 2.63. The molecule has 0 atom stereocenters. The zero-order valence-electron chi connectivity index (χ0n) is 3.94. The van der Waals surface area contributed by atoms with E-state index < -0.39 is 0 Å². The van der Waals surface area contributed by atoms with Gasteiger partial charge in [-0.3, -0.25) is 0 Å². The summed E-state index contributed by atoms with van der Waals surface area (Å²) in [4.78, 5) is 0. The van der Waals surface area contributed by atoms with Crippen molar-refractivity contribution in [2.45, 2.75) is 12.8 Å². The van der Waals surface area contributed by atoms with Gasteiger partial charge in [-0.2, -0.15) is 0 Å². The fraction of sp³-hybridized carbons (Fsp3) is 0.800. The molecule has 1 heteroatoms. The Balaban J connectivity index is 2.18. The summed E-state index contributed by atoms with van der Waals surface area (Å²) in [7, 11) is 3.69. The van der Waals surface area contributed by atoms with E-state index in [1.165, 1.54) is 12.8 Å². The largest absolute Gasteiger partial charge is 0.570 e. The van der Waals surface area contributed by atoms with Crippen LogP contribution in [0.3, 0.4) is 0 Å². The lowest BCUT2D eigenvalue weighted by Crippen LogP contribution is -1.96. The maximum absolute atomic E-state index is 3.69. The molecule has 0 spiro atoms.